The summed E-state index contributed by atoms with van der Waals surface area (Å²) >= 11 is 3.32. The van der Waals surface area contributed by atoms with Gasteiger partial charge in [0.1, 0.15) is 34.8 Å². The Morgan fingerprint density at radius 1 is 0.404 bits per heavy atom. The van der Waals surface area contributed by atoms with Gasteiger partial charge in [-0.05, 0) is 223 Å². The maximum absolute atomic E-state index is 13.0. The summed E-state index contributed by atoms with van der Waals surface area (Å²) in [5.41, 5.74) is 23.4. The summed E-state index contributed by atoms with van der Waals surface area (Å²) in [5, 5.41) is 17.9. The van der Waals surface area contributed by atoms with E-state index in [1.165, 1.54) is 33.4 Å². The Morgan fingerprint density at radius 2 is 0.727 bits per heavy atom. The highest BCUT2D eigenvalue weighted by atomic mass is 79.9. The van der Waals surface area contributed by atoms with E-state index < -0.39 is 0 Å². The first kappa shape index (κ1) is 70.7. The Labute approximate surface area is 587 Å². The Balaban J connectivity index is 0.000000138. The molecule has 8 heterocycles. The summed E-state index contributed by atoms with van der Waals surface area (Å²) in [7, 11) is 10.7. The largest absolute Gasteiger partial charge is 0.497 e. The smallest absolute Gasteiger partial charge is 0.255 e. The number of hydrogen-bond donors (Lipinski definition) is 7. The van der Waals surface area contributed by atoms with Crippen molar-refractivity contribution in [3.63, 3.8) is 0 Å². The van der Waals surface area contributed by atoms with Gasteiger partial charge in [0.05, 0.1) is 38.4 Å². The Bertz CT molecular complexity index is 4400. The Kier molecular flexibility index (Phi) is 23.4. The molecule has 8 N–H and O–H groups in total. The molecule has 4 amide bonds. The van der Waals surface area contributed by atoms with Crippen LogP contribution in [0.1, 0.15) is 160 Å². The number of nitrogens with zero attached hydrogens (tertiary/aromatic N) is 6. The molecule has 0 saturated heterocycles. The molecule has 0 fully saturated rings. The number of methoxy groups -OCH3 is 2. The molecule has 0 aliphatic carbocycles. The number of benzene rings is 6. The van der Waals surface area contributed by atoms with E-state index in [0.717, 1.165) is 114 Å². The SMILES string of the molecule is CNc1cc(Br)ccn1.CNc1cc(Cc2ccc3c(c2)C(C)N(Cc2ccc(OC)cc2)C3=O)ccn1.CNc1cc(Cc2ccc3c(c2)C(C)NC3=O)ccn1.CNc1cc(Cc2ccc3c(c2)C(C)NC3=O)ccn1.COc1ccc(CN2C(=O)c3ccc(N)cc3C2C)cc1. The number of fused-ring (bicyclic) bond motifs is 4. The number of hydrogen-bond acceptors (Lipinski definition) is 15. The lowest BCUT2D eigenvalue weighted by atomic mass is 9.98. The summed E-state index contributed by atoms with van der Waals surface area (Å²) in [6.45, 7) is 9.33. The zero-order valence-corrected chi connectivity index (χ0v) is 59.0. The first-order valence-corrected chi connectivity index (χ1v) is 33.6. The van der Waals surface area contributed by atoms with E-state index >= 15 is 0 Å². The maximum atomic E-state index is 13.0. The number of nitrogens with one attached hydrogen (secondary N) is 6. The standard InChI is InChI=1S/C24H25N3O2.C17H18N2O2.2C16H17N3O.C6H7BrN2/c1-16-22-13-18(12-19-10-11-26-23(14-19)25-2)6-9-21(22)24(28)27(16)15-17-4-7-20(29-3)8-5-17;1-11-16-9-13(18)5-8-15(16)17(20)19(11)10-12-3-6-14(21-2)7-4-12;2*1-10-14-8-11(3-4-13(14)16(20)19-10)7-12-5-6-18-15(9-12)17-2;1-8-6-4-5(7)2-3-9-6/h4-11,13-14,16H,12,15H2,1-3H3,(H,25,26);3-9,11H,10,18H2,1-2H3;2*3-6,8-10H,7H2,1-2H3,(H,17,18)(H,19,20);2-4H,1H3,(H,8,9). The summed E-state index contributed by atoms with van der Waals surface area (Å²) in [6, 6.07) is 55.8. The van der Waals surface area contributed by atoms with Gasteiger partial charge in [-0.15, -0.1) is 0 Å². The van der Waals surface area contributed by atoms with Crippen LogP contribution in [0.5, 0.6) is 11.5 Å². The molecule has 19 nitrogen and oxygen atoms in total. The second kappa shape index (κ2) is 32.7. The van der Waals surface area contributed by atoms with Crippen LogP contribution in [0.2, 0.25) is 0 Å². The van der Waals surface area contributed by atoms with Gasteiger partial charge in [-0.25, -0.2) is 19.9 Å². The molecule has 14 rings (SSSR count). The lowest BCUT2D eigenvalue weighted by Crippen LogP contribution is -2.26. The molecule has 20 heteroatoms. The number of aromatic nitrogens is 4. The van der Waals surface area contributed by atoms with E-state index in [1.54, 1.807) is 26.5 Å². The second-order valence-electron chi connectivity index (χ2n) is 24.5. The monoisotopic (exact) mass is 1390 g/mol. The number of ether oxygens (including phenoxy) is 2. The van der Waals surface area contributed by atoms with Crippen LogP contribution in [0.4, 0.5) is 29.0 Å². The summed E-state index contributed by atoms with van der Waals surface area (Å²) in [4.78, 5) is 69.4. The minimum Gasteiger partial charge on any atom is -0.497 e. The highest BCUT2D eigenvalue weighted by molar-refractivity contribution is 9.10. The molecule has 4 unspecified atom stereocenters. The third-order valence-corrected chi connectivity index (χ3v) is 18.3. The third-order valence-electron chi connectivity index (χ3n) is 17.8. The van der Waals surface area contributed by atoms with Crippen LogP contribution in [0.25, 0.3) is 0 Å². The van der Waals surface area contributed by atoms with Crippen LogP contribution < -0.4 is 47.1 Å². The first-order valence-electron chi connectivity index (χ1n) is 32.8. The number of amides is 4. The average Bonchev–Trinajstić information content (AvgIpc) is 1.58. The van der Waals surface area contributed by atoms with E-state index in [9.17, 15) is 19.2 Å². The molecule has 4 aromatic heterocycles. The lowest BCUT2D eigenvalue weighted by molar-refractivity contribution is 0.0715. The predicted molar refractivity (Wildman–Crippen MR) is 396 cm³/mol. The van der Waals surface area contributed by atoms with Gasteiger partial charge in [-0.2, -0.15) is 0 Å². The van der Waals surface area contributed by atoms with Crippen LogP contribution in [0.15, 0.2) is 199 Å². The average molecular weight is 1390 g/mol. The van der Waals surface area contributed by atoms with Crippen molar-refractivity contribution in [2.45, 2.75) is 84.2 Å². The fraction of sp³-hybridized carbons (Fsp3) is 0.241. The quantitative estimate of drug-likeness (QED) is 0.0445. The van der Waals surface area contributed by atoms with Gasteiger partial charge in [0.15, 0.2) is 0 Å². The highest BCUT2D eigenvalue weighted by Crippen LogP contribution is 2.38. The van der Waals surface area contributed by atoms with Crippen molar-refractivity contribution in [2.24, 2.45) is 0 Å². The van der Waals surface area contributed by atoms with Gasteiger partial charge < -0.3 is 56.9 Å². The summed E-state index contributed by atoms with van der Waals surface area (Å²) < 4.78 is 11.4. The molecule has 4 atom stereocenters. The molecular formula is C79H84BrN13O6. The fourth-order valence-corrected chi connectivity index (χ4v) is 12.7. The molecule has 0 radical (unpaired) electrons. The zero-order chi connectivity index (χ0) is 70.3. The zero-order valence-electron chi connectivity index (χ0n) is 57.4. The molecule has 4 aliphatic heterocycles. The minimum atomic E-state index is 0.0282. The molecular weight excluding hydrogens is 1310 g/mol. The molecule has 6 aromatic carbocycles. The fourth-order valence-electron chi connectivity index (χ4n) is 12.3. The van der Waals surface area contributed by atoms with Crippen LogP contribution in [-0.2, 0) is 32.4 Å². The van der Waals surface area contributed by atoms with Crippen molar-refractivity contribution < 1.29 is 28.7 Å². The van der Waals surface area contributed by atoms with E-state index in [1.807, 2.05) is 211 Å². The Hall–Kier alpha value is -11.1. The number of halogens is 1. The van der Waals surface area contributed by atoms with E-state index in [0.29, 0.717) is 18.8 Å². The van der Waals surface area contributed by atoms with Gasteiger partial charge in [0.2, 0.25) is 0 Å². The first-order chi connectivity index (χ1) is 47.8. The number of nitrogens with two attached hydrogens (primary N) is 1. The maximum Gasteiger partial charge on any atom is 0.255 e. The molecule has 0 saturated carbocycles. The molecule has 508 valence electrons. The normalized spacial score (nSPS) is 15.7. The van der Waals surface area contributed by atoms with E-state index in [2.05, 4.69) is 105 Å². The molecule has 10 aromatic rings. The summed E-state index contributed by atoms with van der Waals surface area (Å²) in [5.74, 6) is 5.33. The Morgan fingerprint density at radius 3 is 1.09 bits per heavy atom. The molecule has 99 heavy (non-hydrogen) atoms. The number of nitrogen functional groups attached to an aromatic ring is 1. The number of rotatable bonds is 16. The van der Waals surface area contributed by atoms with Crippen molar-refractivity contribution in [3.8, 4) is 11.5 Å². The van der Waals surface area contributed by atoms with Gasteiger partial charge in [-0.1, -0.05) is 76.6 Å². The summed E-state index contributed by atoms with van der Waals surface area (Å²) in [6.07, 6.45) is 9.67. The van der Waals surface area contributed by atoms with E-state index in [4.69, 9.17) is 15.2 Å². The number of pyridine rings is 4. The van der Waals surface area contributed by atoms with Crippen molar-refractivity contribution >= 4 is 68.5 Å². The topological polar surface area (TPSA) is 243 Å². The van der Waals surface area contributed by atoms with Gasteiger partial charge in [-0.3, -0.25) is 19.2 Å². The van der Waals surface area contributed by atoms with Crippen molar-refractivity contribution in [2.75, 3.05) is 69.4 Å². The van der Waals surface area contributed by atoms with Gasteiger partial charge in [0.25, 0.3) is 23.6 Å². The number of carbonyl (C=O) groups excluding carboxylic acids is 4. The van der Waals surface area contributed by atoms with Crippen molar-refractivity contribution in [3.05, 3.63) is 288 Å². The predicted octanol–water partition coefficient (Wildman–Crippen LogP) is 14.4. The number of carbonyl (C=O) groups is 4. The molecule has 4 aliphatic rings. The number of anilines is 5. The van der Waals surface area contributed by atoms with Crippen LogP contribution in [0, 0.1) is 0 Å². The second-order valence-corrected chi connectivity index (χ2v) is 25.4. The minimum absolute atomic E-state index is 0.0282. The van der Waals surface area contributed by atoms with Gasteiger partial charge >= 0.3 is 0 Å². The van der Waals surface area contributed by atoms with Crippen LogP contribution in [-0.4, -0.2) is 95.8 Å². The molecule has 0 bridgehead atoms. The third kappa shape index (κ3) is 17.5. The highest BCUT2D eigenvalue weighted by Gasteiger charge is 2.35. The van der Waals surface area contributed by atoms with Crippen LogP contribution in [0.3, 0.4) is 0 Å². The van der Waals surface area contributed by atoms with Gasteiger partial charge in [0, 0.05) is 98.5 Å². The van der Waals surface area contributed by atoms with Crippen LogP contribution >= 0.6 is 15.9 Å². The lowest BCUT2D eigenvalue weighted by Gasteiger charge is -2.22. The van der Waals surface area contributed by atoms with E-state index in [-0.39, 0.29) is 47.8 Å². The van der Waals surface area contributed by atoms with Crippen molar-refractivity contribution in [1.29, 1.82) is 0 Å². The molecule has 0 spiro atoms. The van der Waals surface area contributed by atoms with Crippen molar-refractivity contribution in [1.82, 2.24) is 40.4 Å².